The summed E-state index contributed by atoms with van der Waals surface area (Å²) in [4.78, 5) is 0. The van der Waals surface area contributed by atoms with E-state index < -0.39 is 13.0 Å². The Balaban J connectivity index is 2.98. The lowest BCUT2D eigenvalue weighted by atomic mass is 10.2. The van der Waals surface area contributed by atoms with Crippen molar-refractivity contribution in [3.8, 4) is 11.5 Å². The summed E-state index contributed by atoms with van der Waals surface area (Å²) in [6, 6.07) is 3.40. The molecule has 0 N–H and O–H groups in total. The Hall–Kier alpha value is -0.550. The molecule has 0 aliphatic carbocycles. The molecule has 0 aromatic heterocycles. The van der Waals surface area contributed by atoms with Gasteiger partial charge in [0.25, 0.3) is 6.43 Å². The fourth-order valence-corrected chi connectivity index (χ4v) is 2.01. The molecular formula is C11H12BrClF2O2. The Morgan fingerprint density at radius 3 is 2.59 bits per heavy atom. The van der Waals surface area contributed by atoms with Crippen molar-refractivity contribution in [2.24, 2.45) is 0 Å². The highest BCUT2D eigenvalue weighted by Gasteiger charge is 2.14. The van der Waals surface area contributed by atoms with Gasteiger partial charge in [-0.15, -0.1) is 11.6 Å². The first-order valence-corrected chi connectivity index (χ1v) is 6.33. The molecule has 0 aliphatic rings. The molecule has 1 aromatic carbocycles. The number of halogens is 4. The van der Waals surface area contributed by atoms with Gasteiger partial charge in [0.05, 0.1) is 11.1 Å². The van der Waals surface area contributed by atoms with Crippen LogP contribution in [0.15, 0.2) is 16.6 Å². The van der Waals surface area contributed by atoms with Crippen LogP contribution >= 0.6 is 27.5 Å². The number of ether oxygens (including phenoxy) is 2. The second-order valence-corrected chi connectivity index (χ2v) is 4.30. The predicted octanol–water partition coefficient (Wildman–Crippen LogP) is 4.23. The van der Waals surface area contributed by atoms with E-state index in [9.17, 15) is 8.78 Å². The topological polar surface area (TPSA) is 18.5 Å². The Morgan fingerprint density at radius 2 is 2.06 bits per heavy atom. The number of hydrogen-bond donors (Lipinski definition) is 0. The third-order valence-corrected chi connectivity index (χ3v) is 2.77. The molecule has 0 unspecified atom stereocenters. The largest absolute Gasteiger partial charge is 0.490 e. The Labute approximate surface area is 112 Å². The normalized spacial score (nSPS) is 10.7. The van der Waals surface area contributed by atoms with Crippen LogP contribution in [0.2, 0.25) is 0 Å². The molecule has 0 amide bonds. The van der Waals surface area contributed by atoms with Gasteiger partial charge in [0.2, 0.25) is 0 Å². The van der Waals surface area contributed by atoms with E-state index in [-0.39, 0.29) is 5.75 Å². The van der Waals surface area contributed by atoms with Gasteiger partial charge in [-0.2, -0.15) is 0 Å². The maximum Gasteiger partial charge on any atom is 0.272 e. The second kappa shape index (κ2) is 7.01. The standard InChI is InChI=1S/C11H12BrClF2O2/c1-2-16-9-4-7(5-13)3-8(12)11(9)17-6-10(14)15/h3-4,10H,2,5-6H2,1H3. The van der Waals surface area contributed by atoms with E-state index in [0.29, 0.717) is 22.7 Å². The van der Waals surface area contributed by atoms with Crippen LogP contribution in [0.5, 0.6) is 11.5 Å². The van der Waals surface area contributed by atoms with E-state index >= 15 is 0 Å². The van der Waals surface area contributed by atoms with Crippen molar-refractivity contribution in [3.05, 3.63) is 22.2 Å². The van der Waals surface area contributed by atoms with Crippen molar-refractivity contribution in [1.29, 1.82) is 0 Å². The molecule has 0 radical (unpaired) electrons. The summed E-state index contributed by atoms with van der Waals surface area (Å²) < 4.78 is 35.1. The van der Waals surface area contributed by atoms with Gasteiger partial charge >= 0.3 is 0 Å². The van der Waals surface area contributed by atoms with E-state index in [1.165, 1.54) is 0 Å². The molecule has 1 aromatic rings. The summed E-state index contributed by atoms with van der Waals surface area (Å²) in [6.45, 7) is 1.56. The average Bonchev–Trinajstić information content (AvgIpc) is 2.27. The molecule has 0 bridgehead atoms. The van der Waals surface area contributed by atoms with Crippen molar-refractivity contribution in [1.82, 2.24) is 0 Å². The highest BCUT2D eigenvalue weighted by atomic mass is 79.9. The molecule has 0 saturated heterocycles. The van der Waals surface area contributed by atoms with Crippen molar-refractivity contribution >= 4 is 27.5 Å². The maximum atomic E-state index is 12.1. The number of rotatable bonds is 6. The summed E-state index contributed by atoms with van der Waals surface area (Å²) in [5.74, 6) is 1.01. The summed E-state index contributed by atoms with van der Waals surface area (Å²) in [5, 5.41) is 0. The summed E-state index contributed by atoms with van der Waals surface area (Å²) in [5.41, 5.74) is 0.825. The highest BCUT2D eigenvalue weighted by Crippen LogP contribution is 2.37. The molecule has 0 fully saturated rings. The molecule has 0 spiro atoms. The molecule has 2 nitrogen and oxygen atoms in total. The fourth-order valence-electron chi connectivity index (χ4n) is 1.25. The van der Waals surface area contributed by atoms with Crippen molar-refractivity contribution in [2.45, 2.75) is 19.2 Å². The van der Waals surface area contributed by atoms with Crippen LogP contribution in [0.3, 0.4) is 0 Å². The minimum absolute atomic E-state index is 0.279. The zero-order chi connectivity index (χ0) is 12.8. The second-order valence-electron chi connectivity index (χ2n) is 3.17. The fraction of sp³-hybridized carbons (Fsp3) is 0.455. The van der Waals surface area contributed by atoms with Gasteiger partial charge in [-0.25, -0.2) is 8.78 Å². The summed E-state index contributed by atoms with van der Waals surface area (Å²) in [6.07, 6.45) is -2.52. The van der Waals surface area contributed by atoms with Crippen LogP contribution in [-0.4, -0.2) is 19.6 Å². The van der Waals surface area contributed by atoms with Gasteiger partial charge in [-0.05, 0) is 40.5 Å². The lowest BCUT2D eigenvalue weighted by Crippen LogP contribution is -2.09. The summed E-state index contributed by atoms with van der Waals surface area (Å²) in [7, 11) is 0. The first-order valence-electron chi connectivity index (χ1n) is 5.00. The van der Waals surface area contributed by atoms with E-state index in [2.05, 4.69) is 15.9 Å². The molecule has 0 heterocycles. The van der Waals surface area contributed by atoms with Crippen LogP contribution in [0.25, 0.3) is 0 Å². The summed E-state index contributed by atoms with van der Waals surface area (Å²) >= 11 is 8.96. The van der Waals surface area contributed by atoms with Crippen LogP contribution in [-0.2, 0) is 5.88 Å². The first kappa shape index (κ1) is 14.5. The van der Waals surface area contributed by atoms with Gasteiger partial charge in [-0.3, -0.25) is 0 Å². The molecule has 0 saturated carbocycles. The van der Waals surface area contributed by atoms with Gasteiger partial charge in [0.15, 0.2) is 11.5 Å². The van der Waals surface area contributed by atoms with Crippen LogP contribution in [0.1, 0.15) is 12.5 Å². The predicted molar refractivity (Wildman–Crippen MR) is 66.4 cm³/mol. The lowest BCUT2D eigenvalue weighted by Gasteiger charge is -2.14. The minimum Gasteiger partial charge on any atom is -0.490 e. The molecular weight excluding hydrogens is 317 g/mol. The Bertz CT molecular complexity index is 375. The van der Waals surface area contributed by atoms with Gasteiger partial charge in [0, 0.05) is 5.88 Å². The zero-order valence-electron chi connectivity index (χ0n) is 9.18. The first-order chi connectivity index (χ1) is 8.08. The van der Waals surface area contributed by atoms with Crippen LogP contribution in [0.4, 0.5) is 8.78 Å². The van der Waals surface area contributed by atoms with E-state index in [1.54, 1.807) is 19.1 Å². The van der Waals surface area contributed by atoms with Gasteiger partial charge in [0.1, 0.15) is 6.61 Å². The molecule has 0 aliphatic heterocycles. The molecule has 96 valence electrons. The quantitative estimate of drug-likeness (QED) is 0.727. The van der Waals surface area contributed by atoms with Crippen molar-refractivity contribution < 1.29 is 18.3 Å². The average molecular weight is 330 g/mol. The lowest BCUT2D eigenvalue weighted by molar-refractivity contribution is 0.0797. The van der Waals surface area contributed by atoms with Crippen LogP contribution < -0.4 is 9.47 Å². The van der Waals surface area contributed by atoms with E-state index in [0.717, 1.165) is 5.56 Å². The third kappa shape index (κ3) is 4.32. The Morgan fingerprint density at radius 1 is 1.35 bits per heavy atom. The maximum absolute atomic E-state index is 12.1. The molecule has 0 atom stereocenters. The Kier molecular flexibility index (Phi) is 5.98. The number of alkyl halides is 3. The van der Waals surface area contributed by atoms with Crippen molar-refractivity contribution in [2.75, 3.05) is 13.2 Å². The minimum atomic E-state index is -2.52. The molecule has 17 heavy (non-hydrogen) atoms. The SMILES string of the molecule is CCOc1cc(CCl)cc(Br)c1OCC(F)F. The van der Waals surface area contributed by atoms with E-state index in [4.69, 9.17) is 21.1 Å². The smallest absolute Gasteiger partial charge is 0.272 e. The van der Waals surface area contributed by atoms with Crippen LogP contribution in [0, 0.1) is 0 Å². The van der Waals surface area contributed by atoms with Gasteiger partial charge < -0.3 is 9.47 Å². The highest BCUT2D eigenvalue weighted by molar-refractivity contribution is 9.10. The number of benzene rings is 1. The zero-order valence-corrected chi connectivity index (χ0v) is 11.5. The monoisotopic (exact) mass is 328 g/mol. The number of hydrogen-bond acceptors (Lipinski definition) is 2. The molecule has 6 heteroatoms. The van der Waals surface area contributed by atoms with Gasteiger partial charge in [-0.1, -0.05) is 0 Å². The van der Waals surface area contributed by atoms with E-state index in [1.807, 2.05) is 0 Å². The third-order valence-electron chi connectivity index (χ3n) is 1.88. The molecule has 1 rings (SSSR count). The van der Waals surface area contributed by atoms with Crippen molar-refractivity contribution in [3.63, 3.8) is 0 Å².